The molecule has 0 radical (unpaired) electrons. The maximum absolute atomic E-state index is 12.5. The number of ether oxygens (including phenoxy) is 1. The quantitative estimate of drug-likeness (QED) is 0.695. The van der Waals surface area contributed by atoms with Gasteiger partial charge in [0.05, 0.1) is 29.3 Å². The molecule has 0 spiro atoms. The summed E-state index contributed by atoms with van der Waals surface area (Å²) in [7, 11) is 3.00. The van der Waals surface area contributed by atoms with E-state index in [9.17, 15) is 14.4 Å². The van der Waals surface area contributed by atoms with Crippen molar-refractivity contribution in [3.8, 4) is 5.75 Å². The van der Waals surface area contributed by atoms with Gasteiger partial charge >= 0.3 is 0 Å². The number of benzene rings is 2. The van der Waals surface area contributed by atoms with Crippen LogP contribution in [0, 0.1) is 0 Å². The van der Waals surface area contributed by atoms with E-state index in [0.29, 0.717) is 11.4 Å². The van der Waals surface area contributed by atoms with Gasteiger partial charge in [-0.2, -0.15) is 0 Å². The highest BCUT2D eigenvalue weighted by molar-refractivity contribution is 6.43. The van der Waals surface area contributed by atoms with Gasteiger partial charge < -0.3 is 20.3 Å². The van der Waals surface area contributed by atoms with Crippen LogP contribution in [0.1, 0.15) is 17.3 Å². The first-order chi connectivity index (χ1) is 13.7. The molecule has 9 heteroatoms. The van der Waals surface area contributed by atoms with Gasteiger partial charge in [-0.15, -0.1) is 0 Å². The average Bonchev–Trinajstić information content (AvgIpc) is 2.69. The monoisotopic (exact) mass is 437 g/mol. The molecule has 0 fully saturated rings. The van der Waals surface area contributed by atoms with E-state index in [1.54, 1.807) is 36.4 Å². The number of nitrogens with zero attached hydrogens (tertiary/aromatic N) is 1. The van der Waals surface area contributed by atoms with Crippen LogP contribution in [0.5, 0.6) is 5.75 Å². The molecule has 3 amide bonds. The second-order valence-electron chi connectivity index (χ2n) is 6.27. The molecule has 0 aliphatic carbocycles. The zero-order chi connectivity index (χ0) is 21.6. The van der Waals surface area contributed by atoms with Crippen LogP contribution in [-0.4, -0.2) is 49.4 Å². The van der Waals surface area contributed by atoms with Gasteiger partial charge in [0.2, 0.25) is 11.8 Å². The van der Waals surface area contributed by atoms with Gasteiger partial charge in [0.1, 0.15) is 11.8 Å². The number of rotatable bonds is 7. The van der Waals surface area contributed by atoms with Gasteiger partial charge in [-0.1, -0.05) is 35.3 Å². The number of amides is 3. The molecular formula is C20H21Cl2N3O4. The van der Waals surface area contributed by atoms with Crippen LogP contribution >= 0.6 is 23.2 Å². The van der Waals surface area contributed by atoms with Gasteiger partial charge in [-0.3, -0.25) is 14.4 Å². The molecule has 0 heterocycles. The van der Waals surface area contributed by atoms with Crippen molar-refractivity contribution in [1.82, 2.24) is 10.2 Å². The lowest BCUT2D eigenvalue weighted by molar-refractivity contribution is -0.134. The lowest BCUT2D eigenvalue weighted by Crippen LogP contribution is -2.47. The fourth-order valence-corrected chi connectivity index (χ4v) is 2.93. The minimum atomic E-state index is -0.868. The summed E-state index contributed by atoms with van der Waals surface area (Å²) in [6.45, 7) is 1.34. The third-order valence-electron chi connectivity index (χ3n) is 4.02. The number of hydrogen-bond donors (Lipinski definition) is 2. The second-order valence-corrected chi connectivity index (χ2v) is 7.06. The molecule has 0 saturated heterocycles. The molecule has 2 aromatic carbocycles. The van der Waals surface area contributed by atoms with E-state index in [4.69, 9.17) is 27.9 Å². The molecule has 29 heavy (non-hydrogen) atoms. The van der Waals surface area contributed by atoms with Crippen LogP contribution in [0.3, 0.4) is 0 Å². The summed E-state index contributed by atoms with van der Waals surface area (Å²) in [5.41, 5.74) is 0.712. The third-order valence-corrected chi connectivity index (χ3v) is 4.84. The highest BCUT2D eigenvalue weighted by Gasteiger charge is 2.23. The molecule has 2 aromatic rings. The molecular weight excluding hydrogens is 417 g/mol. The second kappa shape index (κ2) is 10.1. The molecule has 0 saturated carbocycles. The van der Waals surface area contributed by atoms with Crippen molar-refractivity contribution in [3.63, 3.8) is 0 Å². The first-order valence-electron chi connectivity index (χ1n) is 8.66. The lowest BCUT2D eigenvalue weighted by Gasteiger charge is -2.22. The Bertz CT molecular complexity index is 920. The molecule has 0 aliphatic heterocycles. The zero-order valence-corrected chi connectivity index (χ0v) is 17.7. The van der Waals surface area contributed by atoms with Crippen molar-refractivity contribution in [3.05, 3.63) is 58.1 Å². The number of halogens is 2. The average molecular weight is 438 g/mol. The zero-order valence-electron chi connectivity index (χ0n) is 16.2. The van der Waals surface area contributed by atoms with Crippen molar-refractivity contribution in [2.24, 2.45) is 0 Å². The fourth-order valence-electron chi connectivity index (χ4n) is 2.54. The molecule has 154 valence electrons. The Morgan fingerprint density at radius 1 is 1.14 bits per heavy atom. The van der Waals surface area contributed by atoms with Gasteiger partial charge in [-0.25, -0.2) is 0 Å². The number of hydrogen-bond acceptors (Lipinski definition) is 4. The number of carbonyl (C=O) groups excluding carboxylic acids is 3. The Balaban J connectivity index is 1.93. The van der Waals surface area contributed by atoms with E-state index in [0.717, 1.165) is 0 Å². The molecule has 0 aliphatic rings. The largest absolute Gasteiger partial charge is 0.497 e. The predicted molar refractivity (Wildman–Crippen MR) is 113 cm³/mol. The first-order valence-corrected chi connectivity index (χ1v) is 9.42. The number of methoxy groups -OCH3 is 1. The molecule has 7 nitrogen and oxygen atoms in total. The first kappa shape index (κ1) is 22.5. The topological polar surface area (TPSA) is 87.7 Å². The van der Waals surface area contributed by atoms with Crippen molar-refractivity contribution >= 4 is 46.6 Å². The van der Waals surface area contributed by atoms with E-state index < -0.39 is 17.9 Å². The van der Waals surface area contributed by atoms with E-state index >= 15 is 0 Å². The molecule has 0 aromatic heterocycles. The Hall–Kier alpha value is -2.77. The Morgan fingerprint density at radius 3 is 2.52 bits per heavy atom. The summed E-state index contributed by atoms with van der Waals surface area (Å²) in [5, 5.41) is 5.60. The van der Waals surface area contributed by atoms with E-state index in [1.165, 1.54) is 32.0 Å². The van der Waals surface area contributed by atoms with Gasteiger partial charge in [0.25, 0.3) is 5.91 Å². The lowest BCUT2D eigenvalue weighted by atomic mass is 10.2. The van der Waals surface area contributed by atoms with Crippen molar-refractivity contribution in [2.75, 3.05) is 26.0 Å². The van der Waals surface area contributed by atoms with Crippen LogP contribution in [0.4, 0.5) is 5.69 Å². The molecule has 2 N–H and O–H groups in total. The van der Waals surface area contributed by atoms with Crippen LogP contribution in [-0.2, 0) is 9.59 Å². The molecule has 0 bridgehead atoms. The Morgan fingerprint density at radius 2 is 1.83 bits per heavy atom. The van der Waals surface area contributed by atoms with Crippen molar-refractivity contribution < 1.29 is 19.1 Å². The van der Waals surface area contributed by atoms with Crippen LogP contribution in [0.2, 0.25) is 10.0 Å². The SMILES string of the molecule is COc1cccc(NC(=O)CN(C)C(=O)C(C)NC(=O)c2cccc(Cl)c2Cl)c1. The minimum Gasteiger partial charge on any atom is -0.497 e. The highest BCUT2D eigenvalue weighted by atomic mass is 35.5. The van der Waals surface area contributed by atoms with Crippen LogP contribution < -0.4 is 15.4 Å². The van der Waals surface area contributed by atoms with E-state index in [2.05, 4.69) is 10.6 Å². The van der Waals surface area contributed by atoms with E-state index in [-0.39, 0.29) is 28.1 Å². The fraction of sp³-hybridized carbons (Fsp3) is 0.250. The normalized spacial score (nSPS) is 11.3. The maximum atomic E-state index is 12.5. The predicted octanol–water partition coefficient (Wildman–Crippen LogP) is 3.22. The van der Waals surface area contributed by atoms with Crippen LogP contribution in [0.25, 0.3) is 0 Å². The molecule has 1 atom stereocenters. The van der Waals surface area contributed by atoms with Gasteiger partial charge in [0, 0.05) is 18.8 Å². The standard InChI is InChI=1S/C20H21Cl2N3O4/c1-12(23-19(27)15-8-5-9-16(21)18(15)22)20(28)25(2)11-17(26)24-13-6-4-7-14(10-13)29-3/h4-10,12H,11H2,1-3H3,(H,23,27)(H,24,26). The summed E-state index contributed by atoms with van der Waals surface area (Å²) < 4.78 is 5.10. The summed E-state index contributed by atoms with van der Waals surface area (Å²) in [6.07, 6.45) is 0. The number of carbonyl (C=O) groups is 3. The Labute approximate surface area is 178 Å². The smallest absolute Gasteiger partial charge is 0.253 e. The number of nitrogens with one attached hydrogen (secondary N) is 2. The summed E-state index contributed by atoms with van der Waals surface area (Å²) in [5.74, 6) is -0.751. The van der Waals surface area contributed by atoms with Crippen molar-refractivity contribution in [2.45, 2.75) is 13.0 Å². The summed E-state index contributed by atoms with van der Waals surface area (Å²) >= 11 is 11.9. The maximum Gasteiger partial charge on any atom is 0.253 e. The number of anilines is 1. The third kappa shape index (κ3) is 6.10. The van der Waals surface area contributed by atoms with Crippen molar-refractivity contribution in [1.29, 1.82) is 0 Å². The minimum absolute atomic E-state index is 0.109. The summed E-state index contributed by atoms with van der Waals surface area (Å²) in [4.78, 5) is 38.3. The molecule has 2 rings (SSSR count). The van der Waals surface area contributed by atoms with E-state index in [1.807, 2.05) is 0 Å². The van der Waals surface area contributed by atoms with Crippen LogP contribution in [0.15, 0.2) is 42.5 Å². The van der Waals surface area contributed by atoms with Gasteiger partial charge in [0.15, 0.2) is 0 Å². The highest BCUT2D eigenvalue weighted by Crippen LogP contribution is 2.25. The Kier molecular flexibility index (Phi) is 7.87. The summed E-state index contributed by atoms with van der Waals surface area (Å²) in [6, 6.07) is 10.6. The number of likely N-dealkylation sites (N-methyl/N-ethyl adjacent to an activating group) is 1. The van der Waals surface area contributed by atoms with Gasteiger partial charge in [-0.05, 0) is 31.2 Å². The molecule has 1 unspecified atom stereocenters.